The predicted octanol–water partition coefficient (Wildman–Crippen LogP) is 1.24. The number of methoxy groups -OCH3 is 1. The summed E-state index contributed by atoms with van der Waals surface area (Å²) in [5, 5.41) is 0. The molecule has 0 amide bonds. The summed E-state index contributed by atoms with van der Waals surface area (Å²) in [6.07, 6.45) is 3.53. The van der Waals surface area contributed by atoms with Crippen molar-refractivity contribution in [1.29, 1.82) is 0 Å². The number of hydrogen-bond acceptors (Lipinski definition) is 2. The highest BCUT2D eigenvalue weighted by atomic mass is 16.5. The summed E-state index contributed by atoms with van der Waals surface area (Å²) in [5.41, 5.74) is 1.04. The molecule has 0 unspecified atom stereocenters. The second kappa shape index (κ2) is 4.26. The Morgan fingerprint density at radius 2 is 2.12 bits per heavy atom. The van der Waals surface area contributed by atoms with Crippen LogP contribution in [0.4, 0.5) is 0 Å². The van der Waals surface area contributed by atoms with Crippen molar-refractivity contribution in [2.75, 3.05) is 7.11 Å². The number of nitrogens with zero attached hydrogens (tertiary/aromatic N) is 2. The Balaban J connectivity index is 2.27. The maximum atomic E-state index is 11.6. The van der Waals surface area contributed by atoms with Crippen LogP contribution in [0.2, 0.25) is 0 Å². The lowest BCUT2D eigenvalue weighted by molar-refractivity contribution is 0.414. The van der Waals surface area contributed by atoms with Crippen LogP contribution in [0, 0.1) is 0 Å². The number of imidazole rings is 1. The second-order valence-electron chi connectivity index (χ2n) is 3.67. The molecule has 4 nitrogen and oxygen atoms in total. The lowest BCUT2D eigenvalue weighted by Gasteiger charge is -2.04. The topological polar surface area (TPSA) is 36.2 Å². The Hall–Kier alpha value is -1.97. The van der Waals surface area contributed by atoms with Gasteiger partial charge in [-0.15, -0.1) is 0 Å². The molecule has 2 aromatic rings. The van der Waals surface area contributed by atoms with Gasteiger partial charge in [-0.05, 0) is 17.7 Å². The molecule has 4 heteroatoms. The van der Waals surface area contributed by atoms with E-state index in [1.54, 1.807) is 35.7 Å². The Labute approximate surface area is 93.7 Å². The van der Waals surface area contributed by atoms with E-state index in [0.29, 0.717) is 6.54 Å². The lowest BCUT2D eigenvalue weighted by atomic mass is 10.2. The van der Waals surface area contributed by atoms with Crippen LogP contribution in [-0.4, -0.2) is 16.2 Å². The third kappa shape index (κ3) is 2.00. The second-order valence-corrected chi connectivity index (χ2v) is 3.67. The van der Waals surface area contributed by atoms with Gasteiger partial charge in [0.15, 0.2) is 0 Å². The van der Waals surface area contributed by atoms with E-state index in [0.717, 1.165) is 11.3 Å². The molecule has 0 aliphatic rings. The molecule has 0 N–H and O–H groups in total. The first kappa shape index (κ1) is 10.5. The SMILES string of the molecule is COc1cccc(Cn2ccn(C)c2=O)c1. The Kier molecular flexibility index (Phi) is 2.81. The van der Waals surface area contributed by atoms with Gasteiger partial charge < -0.3 is 9.30 Å². The summed E-state index contributed by atoms with van der Waals surface area (Å²) >= 11 is 0. The molecule has 0 aliphatic heterocycles. The maximum absolute atomic E-state index is 11.6. The number of aromatic nitrogens is 2. The van der Waals surface area contributed by atoms with Gasteiger partial charge in [-0.2, -0.15) is 0 Å². The normalized spacial score (nSPS) is 10.4. The average Bonchev–Trinajstić information content (AvgIpc) is 2.61. The first-order valence-electron chi connectivity index (χ1n) is 5.05. The van der Waals surface area contributed by atoms with E-state index in [1.165, 1.54) is 0 Å². The fourth-order valence-electron chi connectivity index (χ4n) is 1.60. The number of ether oxygens (including phenoxy) is 1. The van der Waals surface area contributed by atoms with Crippen LogP contribution in [0.3, 0.4) is 0 Å². The summed E-state index contributed by atoms with van der Waals surface area (Å²) in [6, 6.07) is 7.71. The zero-order chi connectivity index (χ0) is 11.5. The predicted molar refractivity (Wildman–Crippen MR) is 61.8 cm³/mol. The van der Waals surface area contributed by atoms with E-state index in [4.69, 9.17) is 4.74 Å². The molecule has 1 aromatic heterocycles. The third-order valence-corrected chi connectivity index (χ3v) is 2.50. The Morgan fingerprint density at radius 1 is 1.31 bits per heavy atom. The summed E-state index contributed by atoms with van der Waals surface area (Å²) in [6.45, 7) is 0.566. The minimum atomic E-state index is -0.0113. The first-order valence-corrected chi connectivity index (χ1v) is 5.05. The molecule has 0 radical (unpaired) electrons. The van der Waals surface area contributed by atoms with Crippen molar-refractivity contribution in [1.82, 2.24) is 9.13 Å². The number of hydrogen-bond donors (Lipinski definition) is 0. The van der Waals surface area contributed by atoms with Gasteiger partial charge in [0, 0.05) is 19.4 Å². The molecule has 0 saturated heterocycles. The molecule has 84 valence electrons. The maximum Gasteiger partial charge on any atom is 0.328 e. The van der Waals surface area contributed by atoms with Crippen LogP contribution in [-0.2, 0) is 13.6 Å². The highest BCUT2D eigenvalue weighted by Crippen LogP contribution is 2.12. The van der Waals surface area contributed by atoms with E-state index in [-0.39, 0.29) is 5.69 Å². The average molecular weight is 218 g/mol. The molecular weight excluding hydrogens is 204 g/mol. The quantitative estimate of drug-likeness (QED) is 0.777. The van der Waals surface area contributed by atoms with E-state index >= 15 is 0 Å². The summed E-state index contributed by atoms with van der Waals surface area (Å²) < 4.78 is 8.35. The molecular formula is C12H14N2O2. The smallest absolute Gasteiger partial charge is 0.328 e. The van der Waals surface area contributed by atoms with Gasteiger partial charge in [0.05, 0.1) is 13.7 Å². The molecule has 0 saturated carbocycles. The first-order chi connectivity index (χ1) is 7.70. The molecule has 16 heavy (non-hydrogen) atoms. The van der Waals surface area contributed by atoms with E-state index in [2.05, 4.69) is 0 Å². The van der Waals surface area contributed by atoms with Crippen molar-refractivity contribution in [3.05, 3.63) is 52.7 Å². The van der Waals surface area contributed by atoms with Crippen LogP contribution in [0.5, 0.6) is 5.75 Å². The molecule has 0 spiro atoms. The zero-order valence-corrected chi connectivity index (χ0v) is 9.38. The molecule has 0 atom stereocenters. The molecule has 0 bridgehead atoms. The third-order valence-electron chi connectivity index (χ3n) is 2.50. The van der Waals surface area contributed by atoms with E-state index in [9.17, 15) is 4.79 Å². The minimum Gasteiger partial charge on any atom is -0.497 e. The summed E-state index contributed by atoms with van der Waals surface area (Å²) in [4.78, 5) is 11.6. The fraction of sp³-hybridized carbons (Fsp3) is 0.250. The Bertz CT molecular complexity index is 540. The van der Waals surface area contributed by atoms with Crippen LogP contribution in [0.15, 0.2) is 41.5 Å². The van der Waals surface area contributed by atoms with Gasteiger partial charge in [0.25, 0.3) is 0 Å². The molecule has 0 aliphatic carbocycles. The van der Waals surface area contributed by atoms with E-state index in [1.807, 2.05) is 24.3 Å². The van der Waals surface area contributed by atoms with Gasteiger partial charge in [-0.25, -0.2) is 4.79 Å². The molecule has 1 aromatic carbocycles. The Morgan fingerprint density at radius 3 is 2.75 bits per heavy atom. The van der Waals surface area contributed by atoms with Crippen molar-refractivity contribution >= 4 is 0 Å². The van der Waals surface area contributed by atoms with Crippen LogP contribution in [0.25, 0.3) is 0 Å². The molecule has 1 heterocycles. The minimum absolute atomic E-state index is 0.0113. The van der Waals surface area contributed by atoms with Crippen LogP contribution in [0.1, 0.15) is 5.56 Å². The standard InChI is InChI=1S/C12H14N2O2/c1-13-6-7-14(12(13)15)9-10-4-3-5-11(8-10)16-2/h3-8H,9H2,1-2H3. The zero-order valence-electron chi connectivity index (χ0n) is 9.38. The number of benzene rings is 1. The molecule has 0 fully saturated rings. The van der Waals surface area contributed by atoms with Crippen molar-refractivity contribution < 1.29 is 4.74 Å². The van der Waals surface area contributed by atoms with Crippen molar-refractivity contribution in [2.45, 2.75) is 6.54 Å². The van der Waals surface area contributed by atoms with Crippen molar-refractivity contribution in [3.63, 3.8) is 0 Å². The van der Waals surface area contributed by atoms with Gasteiger partial charge in [0.2, 0.25) is 0 Å². The molecule has 2 rings (SSSR count). The summed E-state index contributed by atoms with van der Waals surface area (Å²) in [7, 11) is 3.37. The van der Waals surface area contributed by atoms with Crippen LogP contribution < -0.4 is 10.4 Å². The van der Waals surface area contributed by atoms with Gasteiger partial charge >= 0.3 is 5.69 Å². The van der Waals surface area contributed by atoms with Gasteiger partial charge in [-0.3, -0.25) is 4.57 Å². The largest absolute Gasteiger partial charge is 0.497 e. The van der Waals surface area contributed by atoms with E-state index < -0.39 is 0 Å². The van der Waals surface area contributed by atoms with Gasteiger partial charge in [0.1, 0.15) is 5.75 Å². The number of aryl methyl sites for hydroxylation is 1. The van der Waals surface area contributed by atoms with Crippen LogP contribution >= 0.6 is 0 Å². The van der Waals surface area contributed by atoms with Crippen molar-refractivity contribution in [2.24, 2.45) is 7.05 Å². The lowest BCUT2D eigenvalue weighted by Crippen LogP contribution is -2.22. The summed E-state index contributed by atoms with van der Waals surface area (Å²) in [5.74, 6) is 0.807. The highest BCUT2D eigenvalue weighted by molar-refractivity contribution is 5.28. The monoisotopic (exact) mass is 218 g/mol. The highest BCUT2D eigenvalue weighted by Gasteiger charge is 2.01. The fourth-order valence-corrected chi connectivity index (χ4v) is 1.60. The number of rotatable bonds is 3. The van der Waals surface area contributed by atoms with Gasteiger partial charge in [-0.1, -0.05) is 12.1 Å². The van der Waals surface area contributed by atoms with Crippen molar-refractivity contribution in [3.8, 4) is 5.75 Å².